The topological polar surface area (TPSA) is 32.3 Å². The zero-order chi connectivity index (χ0) is 15.4. The fraction of sp³-hybridized carbons (Fsp3) is 0.562. The smallest absolute Gasteiger partial charge is 0.254 e. The molecule has 1 aromatic carbocycles. The van der Waals surface area contributed by atoms with Crippen molar-refractivity contribution >= 4 is 33.4 Å². The van der Waals surface area contributed by atoms with Gasteiger partial charge in [0, 0.05) is 22.6 Å². The summed E-state index contributed by atoms with van der Waals surface area (Å²) in [5.41, 5.74) is 0.689. The predicted molar refractivity (Wildman–Crippen MR) is 90.9 cm³/mol. The summed E-state index contributed by atoms with van der Waals surface area (Å²) in [6.45, 7) is 7.08. The van der Waals surface area contributed by atoms with E-state index >= 15 is 0 Å². The van der Waals surface area contributed by atoms with Crippen molar-refractivity contribution in [3.05, 3.63) is 33.3 Å². The van der Waals surface area contributed by atoms with Crippen molar-refractivity contribution in [1.29, 1.82) is 0 Å². The lowest BCUT2D eigenvalue weighted by atomic mass is 9.96. The van der Waals surface area contributed by atoms with Crippen LogP contribution in [0.25, 0.3) is 0 Å². The van der Waals surface area contributed by atoms with Gasteiger partial charge in [0.1, 0.15) is 0 Å². The van der Waals surface area contributed by atoms with E-state index in [-0.39, 0.29) is 11.9 Å². The highest BCUT2D eigenvalue weighted by atomic mass is 79.9. The summed E-state index contributed by atoms with van der Waals surface area (Å²) in [6, 6.07) is 5.57. The van der Waals surface area contributed by atoms with Gasteiger partial charge >= 0.3 is 0 Å². The van der Waals surface area contributed by atoms with Gasteiger partial charge in [0.05, 0.1) is 5.02 Å². The van der Waals surface area contributed by atoms with Gasteiger partial charge < -0.3 is 10.2 Å². The van der Waals surface area contributed by atoms with E-state index in [0.29, 0.717) is 16.5 Å². The molecule has 0 atom stereocenters. The van der Waals surface area contributed by atoms with Crippen LogP contribution in [0.2, 0.25) is 5.02 Å². The predicted octanol–water partition coefficient (Wildman–Crippen LogP) is 3.95. The van der Waals surface area contributed by atoms with E-state index in [4.69, 9.17) is 11.6 Å². The number of nitrogens with zero attached hydrogens (tertiary/aromatic N) is 1. The van der Waals surface area contributed by atoms with Gasteiger partial charge in [0.2, 0.25) is 0 Å². The Hall–Kier alpha value is -0.580. The minimum atomic E-state index is 0.0842. The molecule has 1 N–H and O–H groups in total. The minimum absolute atomic E-state index is 0.0842. The molecule has 5 heteroatoms. The van der Waals surface area contributed by atoms with Crippen molar-refractivity contribution in [2.45, 2.75) is 32.7 Å². The van der Waals surface area contributed by atoms with E-state index in [9.17, 15) is 4.79 Å². The summed E-state index contributed by atoms with van der Waals surface area (Å²) in [7, 11) is 0. The molecule has 0 radical (unpaired) electrons. The SMILES string of the molecule is CC(C)N(CC1CCNCC1)C(=O)c1ccc(Cl)c(Br)c1. The van der Waals surface area contributed by atoms with E-state index < -0.39 is 0 Å². The van der Waals surface area contributed by atoms with Crippen molar-refractivity contribution in [1.82, 2.24) is 10.2 Å². The first-order valence-electron chi connectivity index (χ1n) is 7.45. The average Bonchev–Trinajstić information content (AvgIpc) is 2.47. The van der Waals surface area contributed by atoms with Crippen LogP contribution in [0.3, 0.4) is 0 Å². The van der Waals surface area contributed by atoms with Crippen molar-refractivity contribution in [3.63, 3.8) is 0 Å². The summed E-state index contributed by atoms with van der Waals surface area (Å²) in [6.07, 6.45) is 2.28. The first-order valence-corrected chi connectivity index (χ1v) is 8.63. The molecule has 2 rings (SSSR count). The number of rotatable bonds is 4. The number of hydrogen-bond acceptors (Lipinski definition) is 2. The Morgan fingerprint density at radius 2 is 2.10 bits per heavy atom. The summed E-state index contributed by atoms with van der Waals surface area (Å²) >= 11 is 9.39. The van der Waals surface area contributed by atoms with Gasteiger partial charge in [-0.25, -0.2) is 0 Å². The van der Waals surface area contributed by atoms with Crippen LogP contribution in [-0.2, 0) is 0 Å². The third-order valence-corrected chi connectivity index (χ3v) is 5.18. The van der Waals surface area contributed by atoms with Crippen LogP contribution in [0, 0.1) is 5.92 Å². The second-order valence-corrected chi connectivity index (χ2v) is 7.14. The van der Waals surface area contributed by atoms with Crippen LogP contribution in [0.5, 0.6) is 0 Å². The van der Waals surface area contributed by atoms with Crippen molar-refractivity contribution < 1.29 is 4.79 Å². The molecular weight excluding hydrogens is 352 g/mol. The Bertz CT molecular complexity index is 501. The van der Waals surface area contributed by atoms with Crippen LogP contribution in [0.15, 0.2) is 22.7 Å². The lowest BCUT2D eigenvalue weighted by Crippen LogP contribution is -2.43. The third kappa shape index (κ3) is 4.44. The van der Waals surface area contributed by atoms with Gasteiger partial charge in [-0.2, -0.15) is 0 Å². The molecule has 3 nitrogen and oxygen atoms in total. The number of nitrogens with one attached hydrogen (secondary N) is 1. The Kier molecular flexibility index (Phi) is 6.08. The Morgan fingerprint density at radius 1 is 1.43 bits per heavy atom. The number of amides is 1. The maximum Gasteiger partial charge on any atom is 0.254 e. The fourth-order valence-corrected chi connectivity index (χ4v) is 3.16. The molecule has 0 spiro atoms. The minimum Gasteiger partial charge on any atom is -0.336 e. The van der Waals surface area contributed by atoms with Gasteiger partial charge in [0.25, 0.3) is 5.91 Å². The normalized spacial score (nSPS) is 16.2. The molecule has 1 saturated heterocycles. The zero-order valence-electron chi connectivity index (χ0n) is 12.5. The summed E-state index contributed by atoms with van der Waals surface area (Å²) in [4.78, 5) is 14.7. The highest BCUT2D eigenvalue weighted by Gasteiger charge is 2.24. The highest BCUT2D eigenvalue weighted by molar-refractivity contribution is 9.10. The second-order valence-electron chi connectivity index (χ2n) is 5.87. The molecule has 0 aliphatic carbocycles. The quantitative estimate of drug-likeness (QED) is 0.866. The fourth-order valence-electron chi connectivity index (χ4n) is 2.67. The molecule has 1 heterocycles. The van der Waals surface area contributed by atoms with E-state index in [2.05, 4.69) is 35.1 Å². The monoisotopic (exact) mass is 372 g/mol. The number of carbonyl (C=O) groups is 1. The van der Waals surface area contributed by atoms with Crippen molar-refractivity contribution in [2.75, 3.05) is 19.6 Å². The van der Waals surface area contributed by atoms with Gasteiger partial charge in [-0.05, 0) is 79.8 Å². The van der Waals surface area contributed by atoms with E-state index in [1.54, 1.807) is 12.1 Å². The standard InChI is InChI=1S/C16H22BrClN2O/c1-11(2)20(10-12-5-7-19-8-6-12)16(21)13-3-4-15(18)14(17)9-13/h3-4,9,11-12,19H,5-8,10H2,1-2H3. The van der Waals surface area contributed by atoms with Crippen LogP contribution in [0.1, 0.15) is 37.0 Å². The van der Waals surface area contributed by atoms with E-state index in [0.717, 1.165) is 36.9 Å². The summed E-state index contributed by atoms with van der Waals surface area (Å²) in [5, 5.41) is 3.99. The molecule has 0 bridgehead atoms. The van der Waals surface area contributed by atoms with E-state index in [1.165, 1.54) is 0 Å². The van der Waals surface area contributed by atoms with E-state index in [1.807, 2.05) is 11.0 Å². The molecule has 1 aromatic rings. The van der Waals surface area contributed by atoms with Gasteiger partial charge in [0.15, 0.2) is 0 Å². The lowest BCUT2D eigenvalue weighted by Gasteiger charge is -2.33. The molecule has 1 fully saturated rings. The highest BCUT2D eigenvalue weighted by Crippen LogP contribution is 2.25. The van der Waals surface area contributed by atoms with Crippen molar-refractivity contribution in [2.24, 2.45) is 5.92 Å². The molecule has 1 aliphatic rings. The Balaban J connectivity index is 2.12. The van der Waals surface area contributed by atoms with Crippen LogP contribution in [-0.4, -0.2) is 36.5 Å². The first kappa shape index (κ1) is 16.8. The number of hydrogen-bond donors (Lipinski definition) is 1. The Morgan fingerprint density at radius 3 is 2.67 bits per heavy atom. The largest absolute Gasteiger partial charge is 0.336 e. The summed E-state index contributed by atoms with van der Waals surface area (Å²) < 4.78 is 0.764. The zero-order valence-corrected chi connectivity index (χ0v) is 14.9. The molecule has 21 heavy (non-hydrogen) atoms. The van der Waals surface area contributed by atoms with Gasteiger partial charge in [-0.3, -0.25) is 4.79 Å². The Labute approximate surface area is 140 Å². The summed E-state index contributed by atoms with van der Waals surface area (Å²) in [5.74, 6) is 0.675. The maximum absolute atomic E-state index is 12.8. The van der Waals surface area contributed by atoms with Crippen molar-refractivity contribution in [3.8, 4) is 0 Å². The molecular formula is C16H22BrClN2O. The number of benzene rings is 1. The molecule has 1 aliphatic heterocycles. The maximum atomic E-state index is 12.8. The molecule has 116 valence electrons. The van der Waals surface area contributed by atoms with Gasteiger partial charge in [-0.15, -0.1) is 0 Å². The van der Waals surface area contributed by atoms with Gasteiger partial charge in [-0.1, -0.05) is 11.6 Å². The number of piperidine rings is 1. The number of halogens is 2. The van der Waals surface area contributed by atoms with Crippen LogP contribution in [0.4, 0.5) is 0 Å². The first-order chi connectivity index (χ1) is 9.99. The van der Waals surface area contributed by atoms with Crippen LogP contribution >= 0.6 is 27.5 Å². The van der Waals surface area contributed by atoms with Crippen LogP contribution < -0.4 is 5.32 Å². The molecule has 1 amide bonds. The molecule has 0 saturated carbocycles. The second kappa shape index (κ2) is 7.61. The number of carbonyl (C=O) groups excluding carboxylic acids is 1. The lowest BCUT2D eigenvalue weighted by molar-refractivity contribution is 0.0658. The molecule has 0 aromatic heterocycles. The molecule has 0 unspecified atom stereocenters. The third-order valence-electron chi connectivity index (χ3n) is 3.96. The average molecular weight is 374 g/mol.